The zero-order chi connectivity index (χ0) is 12.1. The van der Waals surface area contributed by atoms with Crippen LogP contribution in [0.3, 0.4) is 0 Å². The molecule has 1 heterocycles. The molecule has 2 N–H and O–H groups in total. The smallest absolute Gasteiger partial charge is 0.321 e. The van der Waals surface area contributed by atoms with Crippen LogP contribution < -0.4 is 10.6 Å². The van der Waals surface area contributed by atoms with E-state index >= 15 is 0 Å². The fraction of sp³-hybridized carbons (Fsp3) is 0.444. The van der Waals surface area contributed by atoms with Crippen LogP contribution in [0.5, 0.6) is 0 Å². The molecule has 0 spiro atoms. The normalized spacial score (nSPS) is 11.9. The summed E-state index contributed by atoms with van der Waals surface area (Å²) in [7, 11) is 1.78. The van der Waals surface area contributed by atoms with E-state index in [0.29, 0.717) is 5.69 Å². The Morgan fingerprint density at radius 3 is 2.81 bits per heavy atom. The van der Waals surface area contributed by atoms with Crippen molar-refractivity contribution >= 4 is 23.5 Å². The number of urea groups is 1. The van der Waals surface area contributed by atoms with Crippen molar-refractivity contribution in [2.75, 3.05) is 0 Å². The number of rotatable bonds is 3. The SMILES string of the molecule is CC(Cl)C(=O)NC(=O)NCc1ccn(C)n1. The van der Waals surface area contributed by atoms with Gasteiger partial charge in [-0.25, -0.2) is 4.79 Å². The highest BCUT2D eigenvalue weighted by Crippen LogP contribution is 1.94. The van der Waals surface area contributed by atoms with Gasteiger partial charge in [-0.2, -0.15) is 5.10 Å². The number of halogens is 1. The molecule has 88 valence electrons. The van der Waals surface area contributed by atoms with Crippen LogP contribution in [0.1, 0.15) is 12.6 Å². The summed E-state index contributed by atoms with van der Waals surface area (Å²) in [5, 5.41) is 7.92. The first-order chi connectivity index (χ1) is 7.49. The molecule has 3 amide bonds. The Balaban J connectivity index is 2.33. The molecular formula is C9H13ClN4O2. The Morgan fingerprint density at radius 1 is 1.62 bits per heavy atom. The van der Waals surface area contributed by atoms with E-state index in [-0.39, 0.29) is 6.54 Å². The van der Waals surface area contributed by atoms with E-state index in [4.69, 9.17) is 11.6 Å². The second kappa shape index (κ2) is 5.50. The number of aryl methyl sites for hydroxylation is 1. The number of carbonyl (C=O) groups excluding carboxylic acids is 2. The van der Waals surface area contributed by atoms with Crippen LogP contribution in [-0.4, -0.2) is 27.1 Å². The Kier molecular flexibility index (Phi) is 4.30. The van der Waals surface area contributed by atoms with Crippen molar-refractivity contribution in [2.45, 2.75) is 18.8 Å². The van der Waals surface area contributed by atoms with Crippen LogP contribution in [0.15, 0.2) is 12.3 Å². The van der Waals surface area contributed by atoms with Crippen LogP contribution in [0, 0.1) is 0 Å². The minimum atomic E-state index is -0.736. The predicted octanol–water partition coefficient (Wildman–Crippen LogP) is 0.373. The maximum absolute atomic E-state index is 11.2. The van der Waals surface area contributed by atoms with Crippen LogP contribution in [-0.2, 0) is 18.4 Å². The van der Waals surface area contributed by atoms with E-state index in [1.54, 1.807) is 24.0 Å². The largest absolute Gasteiger partial charge is 0.332 e. The average Bonchev–Trinajstić information content (AvgIpc) is 2.61. The van der Waals surface area contributed by atoms with E-state index < -0.39 is 17.3 Å². The third-order valence-corrected chi connectivity index (χ3v) is 2.00. The molecule has 0 aliphatic rings. The third kappa shape index (κ3) is 3.90. The first kappa shape index (κ1) is 12.5. The maximum Gasteiger partial charge on any atom is 0.321 e. The number of nitrogens with zero attached hydrogens (tertiary/aromatic N) is 2. The molecule has 0 radical (unpaired) electrons. The maximum atomic E-state index is 11.2. The Hall–Kier alpha value is -1.56. The molecule has 0 fully saturated rings. The van der Waals surface area contributed by atoms with Crippen molar-refractivity contribution in [1.82, 2.24) is 20.4 Å². The number of hydrogen-bond acceptors (Lipinski definition) is 3. The van der Waals surface area contributed by atoms with Gasteiger partial charge in [-0.3, -0.25) is 14.8 Å². The first-order valence-electron chi connectivity index (χ1n) is 4.70. The lowest BCUT2D eigenvalue weighted by atomic mass is 10.4. The van der Waals surface area contributed by atoms with Gasteiger partial charge in [0.15, 0.2) is 0 Å². The van der Waals surface area contributed by atoms with Gasteiger partial charge in [-0.05, 0) is 13.0 Å². The van der Waals surface area contributed by atoms with Gasteiger partial charge in [-0.1, -0.05) is 0 Å². The second-order valence-corrected chi connectivity index (χ2v) is 3.92. The summed E-state index contributed by atoms with van der Waals surface area (Å²) in [6.45, 7) is 1.75. The van der Waals surface area contributed by atoms with Gasteiger partial charge in [0, 0.05) is 13.2 Å². The number of imide groups is 1. The molecule has 0 bridgehead atoms. The van der Waals surface area contributed by atoms with Crippen molar-refractivity contribution in [3.63, 3.8) is 0 Å². The molecule has 1 aromatic heterocycles. The van der Waals surface area contributed by atoms with Crippen LogP contribution in [0.25, 0.3) is 0 Å². The lowest BCUT2D eigenvalue weighted by Gasteiger charge is -2.06. The molecule has 7 heteroatoms. The second-order valence-electron chi connectivity index (χ2n) is 3.27. The summed E-state index contributed by atoms with van der Waals surface area (Å²) in [6.07, 6.45) is 1.76. The van der Waals surface area contributed by atoms with E-state index in [1.807, 2.05) is 0 Å². The standard InChI is InChI=1S/C9H13ClN4O2/c1-6(10)8(15)12-9(16)11-5-7-3-4-14(2)13-7/h3-4,6H,5H2,1-2H3,(H2,11,12,15,16). The highest BCUT2D eigenvalue weighted by Gasteiger charge is 2.12. The fourth-order valence-electron chi connectivity index (χ4n) is 0.984. The fourth-order valence-corrected chi connectivity index (χ4v) is 1.04. The molecule has 0 saturated carbocycles. The third-order valence-electron chi connectivity index (χ3n) is 1.80. The van der Waals surface area contributed by atoms with Crippen molar-refractivity contribution in [2.24, 2.45) is 7.05 Å². The van der Waals surface area contributed by atoms with Gasteiger partial charge >= 0.3 is 6.03 Å². The number of aromatic nitrogens is 2. The monoisotopic (exact) mass is 244 g/mol. The van der Waals surface area contributed by atoms with Crippen molar-refractivity contribution in [3.8, 4) is 0 Å². The van der Waals surface area contributed by atoms with Crippen LogP contribution >= 0.6 is 11.6 Å². The number of nitrogens with one attached hydrogen (secondary N) is 2. The highest BCUT2D eigenvalue weighted by atomic mass is 35.5. The summed E-state index contributed by atoms with van der Waals surface area (Å²) < 4.78 is 1.63. The molecule has 0 saturated heterocycles. The number of hydrogen-bond donors (Lipinski definition) is 2. The van der Waals surface area contributed by atoms with Gasteiger partial charge in [0.2, 0.25) is 5.91 Å². The van der Waals surface area contributed by atoms with Gasteiger partial charge < -0.3 is 5.32 Å². The van der Waals surface area contributed by atoms with Crippen molar-refractivity contribution < 1.29 is 9.59 Å². The molecule has 1 aromatic rings. The van der Waals surface area contributed by atoms with Crippen molar-refractivity contribution in [1.29, 1.82) is 0 Å². The van der Waals surface area contributed by atoms with E-state index in [1.165, 1.54) is 6.92 Å². The zero-order valence-corrected chi connectivity index (χ0v) is 9.78. The highest BCUT2D eigenvalue weighted by molar-refractivity contribution is 6.31. The minimum absolute atomic E-state index is 0.261. The Bertz CT molecular complexity index is 389. The average molecular weight is 245 g/mol. The molecule has 1 unspecified atom stereocenters. The van der Waals surface area contributed by atoms with E-state index in [2.05, 4.69) is 15.7 Å². The topological polar surface area (TPSA) is 76.0 Å². The summed E-state index contributed by atoms with van der Waals surface area (Å²) >= 11 is 5.49. The molecule has 0 aliphatic carbocycles. The molecule has 1 rings (SSSR count). The lowest BCUT2D eigenvalue weighted by Crippen LogP contribution is -2.41. The predicted molar refractivity (Wildman–Crippen MR) is 58.9 cm³/mol. The molecule has 1 atom stereocenters. The lowest BCUT2D eigenvalue weighted by molar-refractivity contribution is -0.119. The van der Waals surface area contributed by atoms with E-state index in [0.717, 1.165) is 0 Å². The zero-order valence-electron chi connectivity index (χ0n) is 9.03. The van der Waals surface area contributed by atoms with Crippen molar-refractivity contribution in [3.05, 3.63) is 18.0 Å². The molecular weight excluding hydrogens is 232 g/mol. The molecule has 16 heavy (non-hydrogen) atoms. The van der Waals surface area contributed by atoms with E-state index in [9.17, 15) is 9.59 Å². The minimum Gasteiger partial charge on any atom is -0.332 e. The van der Waals surface area contributed by atoms with Crippen LogP contribution in [0.4, 0.5) is 4.79 Å². The van der Waals surface area contributed by atoms with Gasteiger partial charge in [0.25, 0.3) is 0 Å². The summed E-state index contributed by atoms with van der Waals surface area (Å²) in [5.74, 6) is -0.528. The van der Waals surface area contributed by atoms with Gasteiger partial charge in [0.1, 0.15) is 5.38 Å². The molecule has 0 aromatic carbocycles. The molecule has 6 nitrogen and oxygen atoms in total. The van der Waals surface area contributed by atoms with Gasteiger partial charge in [0.05, 0.1) is 12.2 Å². The Labute approximate surface area is 98.0 Å². The summed E-state index contributed by atoms with van der Waals surface area (Å²) in [6, 6.07) is 1.19. The number of carbonyl (C=O) groups is 2. The summed E-state index contributed by atoms with van der Waals surface area (Å²) in [4.78, 5) is 22.2. The quantitative estimate of drug-likeness (QED) is 0.755. The van der Waals surface area contributed by atoms with Crippen LogP contribution in [0.2, 0.25) is 0 Å². The number of amides is 3. The van der Waals surface area contributed by atoms with Gasteiger partial charge in [-0.15, -0.1) is 11.6 Å². The summed E-state index contributed by atoms with van der Waals surface area (Å²) in [5.41, 5.74) is 0.712. The number of alkyl halides is 1. The molecule has 0 aliphatic heterocycles. The first-order valence-corrected chi connectivity index (χ1v) is 5.14. The Morgan fingerprint density at radius 2 is 2.31 bits per heavy atom.